The molecular formula is C22H19ClN4OS. The second-order valence-corrected chi connectivity index (χ2v) is 7.77. The molecule has 7 heteroatoms. The minimum absolute atomic E-state index is 0.549. The molecule has 0 radical (unpaired) electrons. The number of ether oxygens (including phenoxy) is 1. The van der Waals surface area contributed by atoms with Gasteiger partial charge in [-0.3, -0.25) is 9.55 Å². The van der Waals surface area contributed by atoms with Crippen LogP contribution in [0, 0.1) is 0 Å². The van der Waals surface area contributed by atoms with Crippen molar-refractivity contribution in [1.82, 2.24) is 19.7 Å². The molecule has 146 valence electrons. The van der Waals surface area contributed by atoms with Crippen LogP contribution in [0.1, 0.15) is 5.56 Å². The van der Waals surface area contributed by atoms with Crippen LogP contribution in [0.15, 0.2) is 84.3 Å². The molecule has 0 aliphatic carbocycles. The predicted octanol–water partition coefficient (Wildman–Crippen LogP) is 5.21. The van der Waals surface area contributed by atoms with Gasteiger partial charge in [-0.05, 0) is 35.9 Å². The van der Waals surface area contributed by atoms with E-state index in [0.717, 1.165) is 28.0 Å². The van der Waals surface area contributed by atoms with Crippen LogP contribution in [-0.2, 0) is 6.54 Å². The molecule has 29 heavy (non-hydrogen) atoms. The van der Waals surface area contributed by atoms with E-state index in [4.69, 9.17) is 16.3 Å². The zero-order valence-electron chi connectivity index (χ0n) is 15.6. The highest BCUT2D eigenvalue weighted by Gasteiger charge is 2.15. The van der Waals surface area contributed by atoms with Gasteiger partial charge in [0, 0.05) is 28.7 Å². The van der Waals surface area contributed by atoms with E-state index in [1.54, 1.807) is 24.2 Å². The van der Waals surface area contributed by atoms with Gasteiger partial charge in [-0.15, -0.1) is 10.2 Å². The summed E-state index contributed by atoms with van der Waals surface area (Å²) in [6.45, 7) is 1.25. The lowest BCUT2D eigenvalue weighted by atomic mass is 10.2. The minimum Gasteiger partial charge on any atom is -0.493 e. The molecule has 4 rings (SSSR count). The molecular weight excluding hydrogens is 404 g/mol. The lowest BCUT2D eigenvalue weighted by molar-refractivity contribution is 0.344. The van der Waals surface area contributed by atoms with E-state index in [1.807, 2.05) is 54.6 Å². The average Bonchev–Trinajstić information content (AvgIpc) is 3.15. The van der Waals surface area contributed by atoms with Crippen molar-refractivity contribution in [2.24, 2.45) is 0 Å². The number of rotatable bonds is 8. The highest BCUT2D eigenvalue weighted by molar-refractivity contribution is 7.99. The Balaban J connectivity index is 1.49. The number of pyridine rings is 1. The van der Waals surface area contributed by atoms with Gasteiger partial charge in [0.05, 0.1) is 13.2 Å². The average molecular weight is 423 g/mol. The summed E-state index contributed by atoms with van der Waals surface area (Å²) in [6.07, 6.45) is 3.53. The van der Waals surface area contributed by atoms with Gasteiger partial charge in [0.1, 0.15) is 5.75 Å². The van der Waals surface area contributed by atoms with Crippen molar-refractivity contribution >= 4 is 23.4 Å². The maximum atomic E-state index is 6.00. The number of benzene rings is 2. The number of halogens is 1. The van der Waals surface area contributed by atoms with Crippen LogP contribution in [0.4, 0.5) is 0 Å². The Morgan fingerprint density at radius 3 is 2.55 bits per heavy atom. The number of hydrogen-bond donors (Lipinski definition) is 0. The van der Waals surface area contributed by atoms with E-state index in [0.29, 0.717) is 18.2 Å². The molecule has 0 saturated carbocycles. The topological polar surface area (TPSA) is 52.8 Å². The number of thioether (sulfide) groups is 1. The van der Waals surface area contributed by atoms with Gasteiger partial charge in [0.15, 0.2) is 11.0 Å². The Labute approximate surface area is 178 Å². The monoisotopic (exact) mass is 422 g/mol. The van der Waals surface area contributed by atoms with Crippen molar-refractivity contribution in [3.63, 3.8) is 0 Å². The molecule has 2 aromatic heterocycles. The first-order valence-electron chi connectivity index (χ1n) is 9.18. The van der Waals surface area contributed by atoms with Gasteiger partial charge < -0.3 is 4.74 Å². The molecule has 4 aromatic rings. The van der Waals surface area contributed by atoms with Crippen molar-refractivity contribution in [3.8, 4) is 17.1 Å². The van der Waals surface area contributed by atoms with Crippen LogP contribution in [0.5, 0.6) is 5.75 Å². The van der Waals surface area contributed by atoms with E-state index < -0.39 is 0 Å². The Morgan fingerprint density at radius 1 is 0.931 bits per heavy atom. The molecule has 2 aromatic carbocycles. The number of nitrogens with zero attached hydrogens (tertiary/aromatic N) is 4. The summed E-state index contributed by atoms with van der Waals surface area (Å²) in [5, 5.41) is 10.4. The van der Waals surface area contributed by atoms with Gasteiger partial charge in [-0.25, -0.2) is 0 Å². The first-order valence-corrected chi connectivity index (χ1v) is 10.5. The Hall–Kier alpha value is -2.83. The molecule has 0 fully saturated rings. The van der Waals surface area contributed by atoms with Crippen LogP contribution in [0.2, 0.25) is 5.02 Å². The normalized spacial score (nSPS) is 10.8. The van der Waals surface area contributed by atoms with Crippen molar-refractivity contribution in [2.45, 2.75) is 11.7 Å². The van der Waals surface area contributed by atoms with Crippen molar-refractivity contribution in [3.05, 3.63) is 89.7 Å². The highest BCUT2D eigenvalue weighted by atomic mass is 35.5. The Bertz CT molecular complexity index is 1060. The Kier molecular flexibility index (Phi) is 6.44. The summed E-state index contributed by atoms with van der Waals surface area (Å²) in [4.78, 5) is 4.10. The van der Waals surface area contributed by atoms with Crippen LogP contribution in [-0.4, -0.2) is 32.1 Å². The molecule has 0 bridgehead atoms. The minimum atomic E-state index is 0.549. The molecule has 0 aliphatic heterocycles. The van der Waals surface area contributed by atoms with Gasteiger partial charge in [0.25, 0.3) is 0 Å². The third-order valence-corrected chi connectivity index (χ3v) is 5.38. The summed E-state index contributed by atoms with van der Waals surface area (Å²) in [7, 11) is 0. The molecule has 0 N–H and O–H groups in total. The quantitative estimate of drug-likeness (QED) is 0.288. The molecule has 0 aliphatic rings. The third kappa shape index (κ3) is 5.16. The zero-order valence-corrected chi connectivity index (χ0v) is 17.2. The maximum Gasteiger partial charge on any atom is 0.191 e. The molecule has 0 spiro atoms. The fourth-order valence-corrected chi connectivity index (χ4v) is 3.80. The van der Waals surface area contributed by atoms with E-state index in [2.05, 4.69) is 31.9 Å². The van der Waals surface area contributed by atoms with E-state index in [1.165, 1.54) is 5.56 Å². The molecule has 0 amide bonds. The number of aromatic nitrogens is 4. The van der Waals surface area contributed by atoms with Gasteiger partial charge >= 0.3 is 0 Å². The summed E-state index contributed by atoms with van der Waals surface area (Å²) < 4.78 is 7.92. The Morgan fingerprint density at radius 2 is 1.76 bits per heavy atom. The summed E-state index contributed by atoms with van der Waals surface area (Å²) >= 11 is 7.62. The van der Waals surface area contributed by atoms with Crippen molar-refractivity contribution in [1.29, 1.82) is 0 Å². The van der Waals surface area contributed by atoms with E-state index in [-0.39, 0.29) is 0 Å². The second kappa shape index (κ2) is 9.58. The third-order valence-electron chi connectivity index (χ3n) is 4.22. The zero-order chi connectivity index (χ0) is 19.9. The fraction of sp³-hybridized carbons (Fsp3) is 0.136. The summed E-state index contributed by atoms with van der Waals surface area (Å²) in [5.74, 6) is 2.34. The van der Waals surface area contributed by atoms with Gasteiger partial charge in [0.2, 0.25) is 0 Å². The molecule has 0 unspecified atom stereocenters. The largest absolute Gasteiger partial charge is 0.493 e. The van der Waals surface area contributed by atoms with Crippen LogP contribution in [0.25, 0.3) is 11.4 Å². The second-order valence-electron chi connectivity index (χ2n) is 6.27. The van der Waals surface area contributed by atoms with E-state index >= 15 is 0 Å². The summed E-state index contributed by atoms with van der Waals surface area (Å²) in [6, 6.07) is 21.6. The van der Waals surface area contributed by atoms with Crippen molar-refractivity contribution < 1.29 is 4.74 Å². The molecule has 5 nitrogen and oxygen atoms in total. The molecule has 0 saturated heterocycles. The molecule has 2 heterocycles. The first kappa shape index (κ1) is 19.5. The van der Waals surface area contributed by atoms with Crippen LogP contribution >= 0.6 is 23.4 Å². The van der Waals surface area contributed by atoms with Crippen molar-refractivity contribution in [2.75, 3.05) is 12.4 Å². The highest BCUT2D eigenvalue weighted by Crippen LogP contribution is 2.25. The standard InChI is InChI=1S/C22H19ClN4OS/c23-19-7-4-8-20(15-19)28-13-14-29-22-26-25-21(18-9-11-24-12-10-18)27(22)16-17-5-2-1-3-6-17/h1-12,15H,13-14,16H2. The SMILES string of the molecule is Clc1cccc(OCCSc2nnc(-c3ccncc3)n2Cc2ccccc2)c1. The smallest absolute Gasteiger partial charge is 0.191 e. The van der Waals surface area contributed by atoms with Crippen LogP contribution in [0.3, 0.4) is 0 Å². The maximum absolute atomic E-state index is 6.00. The summed E-state index contributed by atoms with van der Waals surface area (Å²) in [5.41, 5.74) is 2.19. The first-order chi connectivity index (χ1) is 14.3. The molecule has 0 atom stereocenters. The van der Waals surface area contributed by atoms with Crippen LogP contribution < -0.4 is 4.74 Å². The predicted molar refractivity (Wildman–Crippen MR) is 116 cm³/mol. The van der Waals surface area contributed by atoms with E-state index in [9.17, 15) is 0 Å². The van der Waals surface area contributed by atoms with Gasteiger partial charge in [-0.1, -0.05) is 59.8 Å². The van der Waals surface area contributed by atoms with Gasteiger partial charge in [-0.2, -0.15) is 0 Å². The fourth-order valence-electron chi connectivity index (χ4n) is 2.87. The lowest BCUT2D eigenvalue weighted by Gasteiger charge is -2.11. The lowest BCUT2D eigenvalue weighted by Crippen LogP contribution is -2.06. The number of hydrogen-bond acceptors (Lipinski definition) is 5.